The lowest BCUT2D eigenvalue weighted by atomic mass is 9.54. The van der Waals surface area contributed by atoms with Crippen LogP contribution in [0.5, 0.6) is 11.5 Å². The van der Waals surface area contributed by atoms with Gasteiger partial charge in [0.1, 0.15) is 21.2 Å². The molecule has 1 aliphatic heterocycles. The number of halogens is 2. The molecule has 0 saturated carbocycles. The maximum atomic E-state index is 13.9. The lowest BCUT2D eigenvalue weighted by Gasteiger charge is -2.54. The van der Waals surface area contributed by atoms with Crippen LogP contribution >= 0.6 is 23.2 Å². The monoisotopic (exact) mass is 596 g/mol. The highest BCUT2D eigenvalue weighted by atomic mass is 35.5. The molecule has 3 aliphatic carbocycles. The quantitative estimate of drug-likeness (QED) is 0.198. The van der Waals surface area contributed by atoms with Gasteiger partial charge >= 0.3 is 0 Å². The summed E-state index contributed by atoms with van der Waals surface area (Å²) in [6, 6.07) is 29.7. The third-order valence-corrected chi connectivity index (χ3v) is 9.92. The summed E-state index contributed by atoms with van der Waals surface area (Å²) in [6.45, 7) is 1.94. The van der Waals surface area contributed by atoms with Crippen molar-refractivity contribution >= 4 is 46.6 Å². The minimum Gasteiger partial charge on any atom is -0.457 e. The van der Waals surface area contributed by atoms with Gasteiger partial charge < -0.3 is 10.1 Å². The highest BCUT2D eigenvalue weighted by Crippen LogP contribution is 2.69. The van der Waals surface area contributed by atoms with E-state index >= 15 is 0 Å². The Balaban J connectivity index is 1.08. The zero-order valence-electron chi connectivity index (χ0n) is 22.6. The zero-order valence-corrected chi connectivity index (χ0v) is 24.2. The molecule has 4 aromatic rings. The number of aryl methyl sites for hydroxylation is 1. The summed E-state index contributed by atoms with van der Waals surface area (Å²) in [5.41, 5.74) is 4.71. The van der Waals surface area contributed by atoms with Crippen molar-refractivity contribution in [2.24, 2.45) is 11.8 Å². The number of rotatable bonds is 6. The number of imide groups is 1. The van der Waals surface area contributed by atoms with E-state index in [4.69, 9.17) is 27.9 Å². The molecule has 3 amide bonds. The Bertz CT molecular complexity index is 1630. The average Bonchev–Trinajstić information content (AvgIpc) is 3.27. The van der Waals surface area contributed by atoms with Crippen LogP contribution < -0.4 is 10.1 Å². The maximum absolute atomic E-state index is 13.9. The number of carbonyl (C=O) groups is 3. The number of likely N-dealkylation sites (tertiary alicyclic amines) is 1. The molecule has 8 rings (SSSR count). The van der Waals surface area contributed by atoms with Gasteiger partial charge in [-0.1, -0.05) is 66.2 Å². The topological polar surface area (TPSA) is 75.7 Å². The first-order valence-electron chi connectivity index (χ1n) is 13.8. The number of benzene rings is 4. The summed E-state index contributed by atoms with van der Waals surface area (Å²) in [6.07, 6.45) is -0.0665. The normalized spacial score (nSPS) is 25.1. The highest BCUT2D eigenvalue weighted by Gasteiger charge is 2.72. The molecule has 1 N–H and O–H groups in total. The van der Waals surface area contributed by atoms with Crippen molar-refractivity contribution in [3.8, 4) is 11.5 Å². The molecule has 0 spiro atoms. The summed E-state index contributed by atoms with van der Waals surface area (Å²) in [4.78, 5) is 39.4. The van der Waals surface area contributed by atoms with E-state index in [0.29, 0.717) is 11.4 Å². The molecule has 0 unspecified atom stereocenters. The summed E-state index contributed by atoms with van der Waals surface area (Å²) in [5, 5.41) is 2.83. The fourth-order valence-corrected chi connectivity index (χ4v) is 7.83. The van der Waals surface area contributed by atoms with Gasteiger partial charge in [-0.2, -0.15) is 0 Å². The molecule has 6 nitrogen and oxygen atoms in total. The van der Waals surface area contributed by atoms with Gasteiger partial charge in [-0.25, -0.2) is 0 Å². The zero-order chi connectivity index (χ0) is 29.2. The van der Waals surface area contributed by atoms with Crippen LogP contribution in [0.15, 0.2) is 97.1 Å². The van der Waals surface area contributed by atoms with Crippen LogP contribution in [-0.4, -0.2) is 29.2 Å². The summed E-state index contributed by atoms with van der Waals surface area (Å²) < 4.78 is 5.85. The Kier molecular flexibility index (Phi) is 6.19. The Morgan fingerprint density at radius 1 is 0.738 bits per heavy atom. The van der Waals surface area contributed by atoms with Crippen LogP contribution in [0.4, 0.5) is 5.69 Å². The van der Waals surface area contributed by atoms with Gasteiger partial charge in [0.05, 0.1) is 11.8 Å². The van der Waals surface area contributed by atoms with E-state index in [1.165, 1.54) is 4.90 Å². The van der Waals surface area contributed by atoms with E-state index in [9.17, 15) is 14.4 Å². The van der Waals surface area contributed by atoms with E-state index in [0.717, 1.165) is 33.6 Å². The van der Waals surface area contributed by atoms with Crippen LogP contribution in [0.1, 0.15) is 34.2 Å². The smallest absolute Gasteiger partial charge is 0.235 e. The van der Waals surface area contributed by atoms with Crippen LogP contribution in [0, 0.1) is 18.8 Å². The SMILES string of the molecule is Cc1ccc(Oc2ccc(NC(=O)CCN3C(=O)[C@@H]4[C@H](C3=O)C3(Cl)c5ccccc5C4(Cl)c4ccccc43)cc2)cc1. The van der Waals surface area contributed by atoms with Crippen molar-refractivity contribution in [3.05, 3.63) is 125 Å². The molecule has 0 aromatic heterocycles. The number of carbonyl (C=O) groups excluding carboxylic acids is 3. The fourth-order valence-electron chi connectivity index (χ4n) is 6.73. The molecule has 4 aliphatic rings. The molecule has 42 heavy (non-hydrogen) atoms. The van der Waals surface area contributed by atoms with E-state index in [-0.39, 0.29) is 18.9 Å². The van der Waals surface area contributed by atoms with E-state index in [1.807, 2.05) is 79.7 Å². The van der Waals surface area contributed by atoms with Crippen molar-refractivity contribution in [2.75, 3.05) is 11.9 Å². The molecular formula is C34H26Cl2N2O4. The fraction of sp³-hybridized carbons (Fsp3) is 0.206. The second-order valence-electron chi connectivity index (χ2n) is 11.0. The van der Waals surface area contributed by atoms with E-state index < -0.39 is 33.4 Å². The molecule has 2 atom stereocenters. The average molecular weight is 597 g/mol. The molecule has 0 radical (unpaired) electrons. The minimum atomic E-state index is -1.24. The van der Waals surface area contributed by atoms with E-state index in [1.54, 1.807) is 24.3 Å². The first-order chi connectivity index (χ1) is 20.2. The molecular weight excluding hydrogens is 571 g/mol. The van der Waals surface area contributed by atoms with Gasteiger partial charge in [-0.15, -0.1) is 23.2 Å². The third kappa shape index (κ3) is 3.82. The first-order valence-corrected chi connectivity index (χ1v) is 14.6. The second-order valence-corrected chi connectivity index (χ2v) is 12.2. The number of amides is 3. The first kappa shape index (κ1) is 26.7. The van der Waals surface area contributed by atoms with Gasteiger partial charge in [-0.3, -0.25) is 19.3 Å². The van der Waals surface area contributed by atoms with Gasteiger partial charge in [0.25, 0.3) is 0 Å². The molecule has 1 saturated heterocycles. The van der Waals surface area contributed by atoms with Crippen molar-refractivity contribution in [1.29, 1.82) is 0 Å². The lowest BCUT2D eigenvalue weighted by molar-refractivity contribution is -0.140. The predicted octanol–water partition coefficient (Wildman–Crippen LogP) is 6.71. The molecule has 4 aromatic carbocycles. The maximum Gasteiger partial charge on any atom is 0.235 e. The predicted molar refractivity (Wildman–Crippen MR) is 161 cm³/mol. The Hall–Kier alpha value is -4.13. The van der Waals surface area contributed by atoms with Crippen LogP contribution in [-0.2, 0) is 24.1 Å². The number of hydrogen-bond acceptors (Lipinski definition) is 4. The molecule has 210 valence electrons. The lowest BCUT2D eigenvalue weighted by Crippen LogP contribution is -2.57. The minimum absolute atomic E-state index is 0.0665. The Morgan fingerprint density at radius 2 is 1.17 bits per heavy atom. The van der Waals surface area contributed by atoms with Gasteiger partial charge in [-0.05, 0) is 65.6 Å². The van der Waals surface area contributed by atoms with Crippen molar-refractivity contribution in [1.82, 2.24) is 4.90 Å². The highest BCUT2D eigenvalue weighted by molar-refractivity contribution is 6.36. The van der Waals surface area contributed by atoms with Crippen LogP contribution in [0.2, 0.25) is 0 Å². The summed E-state index contributed by atoms with van der Waals surface area (Å²) in [5.74, 6) is -1.53. The van der Waals surface area contributed by atoms with Crippen molar-refractivity contribution < 1.29 is 19.1 Å². The van der Waals surface area contributed by atoms with Gasteiger partial charge in [0.2, 0.25) is 17.7 Å². The standard InChI is InChI=1S/C34H26Cl2N2O4/c1-20-10-14-22(15-11-20)42-23-16-12-21(13-17-23)37-28(39)18-19-38-31(40)29-30(32(38)41)34(36)25-7-3-2-6-24(25)33(29,35)26-8-4-5-9-27(26)34/h2-17,29-30H,18-19H2,1H3,(H,37,39)/t29-,30+,33?,34?. The third-order valence-electron chi connectivity index (χ3n) is 8.63. The Morgan fingerprint density at radius 3 is 1.62 bits per heavy atom. The van der Waals surface area contributed by atoms with Crippen LogP contribution in [0.3, 0.4) is 0 Å². The number of alkyl halides is 2. The molecule has 2 bridgehead atoms. The Labute approximate surface area is 253 Å². The van der Waals surface area contributed by atoms with Crippen LogP contribution in [0.25, 0.3) is 0 Å². The van der Waals surface area contributed by atoms with Crippen molar-refractivity contribution in [2.45, 2.75) is 23.1 Å². The summed E-state index contributed by atoms with van der Waals surface area (Å²) >= 11 is 14.9. The van der Waals surface area contributed by atoms with E-state index in [2.05, 4.69) is 5.32 Å². The number of nitrogens with zero attached hydrogens (tertiary/aromatic N) is 1. The molecule has 8 heteroatoms. The molecule has 1 heterocycles. The van der Waals surface area contributed by atoms with Gasteiger partial charge in [0.15, 0.2) is 0 Å². The molecule has 1 fully saturated rings. The number of hydrogen-bond donors (Lipinski definition) is 1. The van der Waals surface area contributed by atoms with Crippen molar-refractivity contribution in [3.63, 3.8) is 0 Å². The summed E-state index contributed by atoms with van der Waals surface area (Å²) in [7, 11) is 0. The number of ether oxygens (including phenoxy) is 1. The second kappa shape index (κ2) is 9.72. The number of anilines is 1. The van der Waals surface area contributed by atoms with Gasteiger partial charge in [0, 0.05) is 18.7 Å². The largest absolute Gasteiger partial charge is 0.457 e. The number of nitrogens with one attached hydrogen (secondary N) is 1.